The molecule has 2 amide bonds. The predicted octanol–water partition coefficient (Wildman–Crippen LogP) is 1.41. The lowest BCUT2D eigenvalue weighted by atomic mass is 9.95. The maximum Gasteiger partial charge on any atom is 0.254 e. The maximum absolute atomic E-state index is 12.8. The SMILES string of the molecule is COc1cc(OC)cc(C(=O)N2CCC(C(=O)NCC(N)C3CC3)CC2)c1. The summed E-state index contributed by atoms with van der Waals surface area (Å²) in [7, 11) is 3.12. The van der Waals surface area contributed by atoms with Crippen LogP contribution in [-0.4, -0.2) is 56.6 Å². The normalized spacial score (nSPS) is 18.7. The molecule has 0 spiro atoms. The van der Waals surface area contributed by atoms with E-state index in [1.165, 1.54) is 12.8 Å². The van der Waals surface area contributed by atoms with Crippen LogP contribution in [0.4, 0.5) is 0 Å². The number of rotatable bonds is 7. The molecule has 3 rings (SSSR count). The number of methoxy groups -OCH3 is 2. The number of carbonyl (C=O) groups is 2. The van der Waals surface area contributed by atoms with Gasteiger partial charge in [0.1, 0.15) is 11.5 Å². The molecule has 3 N–H and O–H groups in total. The van der Waals surface area contributed by atoms with Crippen molar-refractivity contribution < 1.29 is 19.1 Å². The van der Waals surface area contributed by atoms with E-state index < -0.39 is 0 Å². The van der Waals surface area contributed by atoms with Crippen molar-refractivity contribution in [3.8, 4) is 11.5 Å². The first-order chi connectivity index (χ1) is 13.0. The fourth-order valence-electron chi connectivity index (χ4n) is 3.51. The Hall–Kier alpha value is -2.28. The van der Waals surface area contributed by atoms with Crippen LogP contribution in [0.1, 0.15) is 36.0 Å². The number of nitrogens with one attached hydrogen (secondary N) is 1. The van der Waals surface area contributed by atoms with Crippen LogP contribution >= 0.6 is 0 Å². The molecule has 27 heavy (non-hydrogen) atoms. The van der Waals surface area contributed by atoms with Crippen molar-refractivity contribution >= 4 is 11.8 Å². The van der Waals surface area contributed by atoms with E-state index in [2.05, 4.69) is 5.32 Å². The lowest BCUT2D eigenvalue weighted by molar-refractivity contribution is -0.126. The number of benzene rings is 1. The van der Waals surface area contributed by atoms with E-state index in [4.69, 9.17) is 15.2 Å². The summed E-state index contributed by atoms with van der Waals surface area (Å²) in [5, 5.41) is 2.98. The third-order valence-electron chi connectivity index (χ3n) is 5.49. The number of amides is 2. The molecule has 1 aromatic carbocycles. The Morgan fingerprint density at radius 3 is 2.22 bits per heavy atom. The second kappa shape index (κ2) is 8.61. The van der Waals surface area contributed by atoms with E-state index in [0.29, 0.717) is 55.5 Å². The molecule has 0 radical (unpaired) electrons. The zero-order valence-corrected chi connectivity index (χ0v) is 16.1. The molecule has 1 unspecified atom stereocenters. The van der Waals surface area contributed by atoms with E-state index >= 15 is 0 Å². The monoisotopic (exact) mass is 375 g/mol. The lowest BCUT2D eigenvalue weighted by Crippen LogP contribution is -2.45. The predicted molar refractivity (Wildman–Crippen MR) is 102 cm³/mol. The number of nitrogens with two attached hydrogens (primary N) is 1. The largest absolute Gasteiger partial charge is 0.497 e. The molecule has 0 bridgehead atoms. The highest BCUT2D eigenvalue weighted by Gasteiger charge is 2.31. The first kappa shape index (κ1) is 19.5. The number of likely N-dealkylation sites (tertiary alicyclic amines) is 1. The van der Waals surface area contributed by atoms with Gasteiger partial charge in [-0.1, -0.05) is 0 Å². The standard InChI is InChI=1S/C20H29N3O4/c1-26-16-9-15(10-17(11-16)27-2)20(25)23-7-5-14(6-8-23)19(24)22-12-18(21)13-3-4-13/h9-11,13-14,18H,3-8,12,21H2,1-2H3,(H,22,24). The van der Waals surface area contributed by atoms with Gasteiger partial charge in [0.05, 0.1) is 14.2 Å². The van der Waals surface area contributed by atoms with Gasteiger partial charge in [-0.15, -0.1) is 0 Å². The van der Waals surface area contributed by atoms with Crippen molar-refractivity contribution in [1.29, 1.82) is 0 Å². The van der Waals surface area contributed by atoms with Crippen LogP contribution < -0.4 is 20.5 Å². The zero-order valence-electron chi connectivity index (χ0n) is 16.1. The number of hydrogen-bond acceptors (Lipinski definition) is 5. The number of hydrogen-bond donors (Lipinski definition) is 2. The molecule has 1 aliphatic heterocycles. The Kier molecular flexibility index (Phi) is 6.21. The van der Waals surface area contributed by atoms with Crippen LogP contribution in [0.3, 0.4) is 0 Å². The molecule has 1 saturated heterocycles. The minimum Gasteiger partial charge on any atom is -0.497 e. The molecule has 7 heteroatoms. The highest BCUT2D eigenvalue weighted by molar-refractivity contribution is 5.95. The molecule has 1 atom stereocenters. The topological polar surface area (TPSA) is 93.9 Å². The van der Waals surface area contributed by atoms with Crippen molar-refractivity contribution in [2.24, 2.45) is 17.6 Å². The second-order valence-corrected chi connectivity index (χ2v) is 7.41. The average molecular weight is 375 g/mol. The molecule has 0 aromatic heterocycles. The highest BCUT2D eigenvalue weighted by Crippen LogP contribution is 2.31. The van der Waals surface area contributed by atoms with E-state index in [0.717, 1.165) is 0 Å². The van der Waals surface area contributed by atoms with Gasteiger partial charge < -0.3 is 25.4 Å². The fraction of sp³-hybridized carbons (Fsp3) is 0.600. The molecule has 1 heterocycles. The Balaban J connectivity index is 1.52. The Morgan fingerprint density at radius 2 is 1.70 bits per heavy atom. The summed E-state index contributed by atoms with van der Waals surface area (Å²) in [6.07, 6.45) is 3.67. The van der Waals surface area contributed by atoms with Gasteiger partial charge in [-0.2, -0.15) is 0 Å². The van der Waals surface area contributed by atoms with Crippen LogP contribution in [0, 0.1) is 11.8 Å². The summed E-state index contributed by atoms with van der Waals surface area (Å²) in [6.45, 7) is 1.67. The van der Waals surface area contributed by atoms with Gasteiger partial charge in [-0.05, 0) is 43.7 Å². The average Bonchev–Trinajstić information content (AvgIpc) is 3.56. The van der Waals surface area contributed by atoms with Crippen molar-refractivity contribution in [2.75, 3.05) is 33.9 Å². The number of carbonyl (C=O) groups excluding carboxylic acids is 2. The third-order valence-corrected chi connectivity index (χ3v) is 5.49. The summed E-state index contributed by atoms with van der Waals surface area (Å²) < 4.78 is 10.5. The van der Waals surface area contributed by atoms with E-state index in [1.54, 1.807) is 37.3 Å². The van der Waals surface area contributed by atoms with E-state index in [-0.39, 0.29) is 23.8 Å². The Bertz CT molecular complexity index is 660. The van der Waals surface area contributed by atoms with E-state index in [1.807, 2.05) is 0 Å². The first-order valence-electron chi connectivity index (χ1n) is 9.57. The minimum absolute atomic E-state index is 0.0553. The fourth-order valence-corrected chi connectivity index (χ4v) is 3.51. The van der Waals surface area contributed by atoms with Gasteiger partial charge in [0, 0.05) is 43.2 Å². The van der Waals surface area contributed by atoms with Crippen LogP contribution in [-0.2, 0) is 4.79 Å². The summed E-state index contributed by atoms with van der Waals surface area (Å²) in [5.74, 6) is 1.67. The number of ether oxygens (including phenoxy) is 2. The van der Waals surface area contributed by atoms with Crippen LogP contribution in [0.15, 0.2) is 18.2 Å². The van der Waals surface area contributed by atoms with Gasteiger partial charge in [-0.3, -0.25) is 9.59 Å². The Morgan fingerprint density at radius 1 is 1.11 bits per heavy atom. The van der Waals surface area contributed by atoms with Crippen LogP contribution in [0.2, 0.25) is 0 Å². The molecule has 148 valence electrons. The van der Waals surface area contributed by atoms with Gasteiger partial charge >= 0.3 is 0 Å². The van der Waals surface area contributed by atoms with Crippen molar-refractivity contribution in [1.82, 2.24) is 10.2 Å². The van der Waals surface area contributed by atoms with Gasteiger partial charge in [0.2, 0.25) is 5.91 Å². The molecule has 1 aromatic rings. The smallest absolute Gasteiger partial charge is 0.254 e. The summed E-state index contributed by atoms with van der Waals surface area (Å²) >= 11 is 0. The van der Waals surface area contributed by atoms with Crippen molar-refractivity contribution in [3.63, 3.8) is 0 Å². The quantitative estimate of drug-likeness (QED) is 0.752. The molecular formula is C20H29N3O4. The van der Waals surface area contributed by atoms with Gasteiger partial charge in [0.15, 0.2) is 0 Å². The second-order valence-electron chi connectivity index (χ2n) is 7.41. The molecule has 2 fully saturated rings. The van der Waals surface area contributed by atoms with Crippen molar-refractivity contribution in [2.45, 2.75) is 31.7 Å². The summed E-state index contributed by atoms with van der Waals surface area (Å²) in [6, 6.07) is 5.23. The molecular weight excluding hydrogens is 346 g/mol. The third kappa shape index (κ3) is 4.91. The lowest BCUT2D eigenvalue weighted by Gasteiger charge is -2.31. The zero-order chi connectivity index (χ0) is 19.4. The molecule has 7 nitrogen and oxygen atoms in total. The highest BCUT2D eigenvalue weighted by atomic mass is 16.5. The maximum atomic E-state index is 12.8. The van der Waals surface area contributed by atoms with Crippen LogP contribution in [0.25, 0.3) is 0 Å². The van der Waals surface area contributed by atoms with E-state index in [9.17, 15) is 9.59 Å². The van der Waals surface area contributed by atoms with Gasteiger partial charge in [-0.25, -0.2) is 0 Å². The Labute approximate surface area is 160 Å². The number of nitrogens with zero attached hydrogens (tertiary/aromatic N) is 1. The van der Waals surface area contributed by atoms with Crippen LogP contribution in [0.5, 0.6) is 11.5 Å². The summed E-state index contributed by atoms with van der Waals surface area (Å²) in [4.78, 5) is 26.9. The number of piperidine rings is 1. The molecule has 1 aliphatic carbocycles. The molecule has 1 saturated carbocycles. The summed E-state index contributed by atoms with van der Waals surface area (Å²) in [5.41, 5.74) is 6.57. The van der Waals surface area contributed by atoms with Gasteiger partial charge in [0.25, 0.3) is 5.91 Å². The minimum atomic E-state index is -0.0678. The van der Waals surface area contributed by atoms with Crippen molar-refractivity contribution in [3.05, 3.63) is 23.8 Å². The molecule has 2 aliphatic rings. The first-order valence-corrected chi connectivity index (χ1v) is 9.57.